The highest BCUT2D eigenvalue weighted by molar-refractivity contribution is 6.00. The number of hydrogen-bond donors (Lipinski definition) is 0. The van der Waals surface area contributed by atoms with Gasteiger partial charge in [0.1, 0.15) is 11.4 Å². The molecule has 174 valence electrons. The van der Waals surface area contributed by atoms with E-state index in [1.54, 1.807) is 0 Å². The van der Waals surface area contributed by atoms with Crippen LogP contribution in [0.15, 0.2) is 54.6 Å². The van der Waals surface area contributed by atoms with E-state index in [1.807, 2.05) is 47.4 Å². The number of aromatic nitrogens is 1. The minimum absolute atomic E-state index is 0.0472. The lowest BCUT2D eigenvalue weighted by Crippen LogP contribution is -2.41. The normalized spacial score (nSPS) is 19.3. The third-order valence-corrected chi connectivity index (χ3v) is 6.87. The van der Waals surface area contributed by atoms with Gasteiger partial charge >= 0.3 is 0 Å². The molecule has 3 heterocycles. The number of morpholine rings is 1. The van der Waals surface area contributed by atoms with Crippen molar-refractivity contribution < 1.29 is 14.3 Å². The van der Waals surface area contributed by atoms with Gasteiger partial charge in [-0.25, -0.2) is 0 Å². The van der Waals surface area contributed by atoms with Gasteiger partial charge in [-0.05, 0) is 69.1 Å². The molecule has 1 atom stereocenters. The quantitative estimate of drug-likeness (QED) is 0.505. The molecule has 0 unspecified atom stereocenters. The van der Waals surface area contributed by atoms with Crippen molar-refractivity contribution in [3.05, 3.63) is 60.3 Å². The molecule has 2 saturated heterocycles. The lowest BCUT2D eigenvalue weighted by atomic mass is 10.2. The van der Waals surface area contributed by atoms with E-state index in [0.717, 1.165) is 41.9 Å². The van der Waals surface area contributed by atoms with Crippen molar-refractivity contribution in [1.29, 1.82) is 0 Å². The highest BCUT2D eigenvalue weighted by Gasteiger charge is 2.24. The molecule has 6 nitrogen and oxygen atoms in total. The summed E-state index contributed by atoms with van der Waals surface area (Å²) >= 11 is 0. The van der Waals surface area contributed by atoms with Crippen molar-refractivity contribution in [2.45, 2.75) is 32.2 Å². The number of benzene rings is 2. The summed E-state index contributed by atoms with van der Waals surface area (Å²) in [6.07, 6.45) is 3.66. The molecule has 6 heteroatoms. The van der Waals surface area contributed by atoms with Gasteiger partial charge in [-0.1, -0.05) is 18.2 Å². The molecule has 0 saturated carbocycles. The first kappa shape index (κ1) is 22.0. The van der Waals surface area contributed by atoms with Crippen LogP contribution in [0.5, 0.6) is 5.75 Å². The predicted octanol–water partition coefficient (Wildman–Crippen LogP) is 4.36. The number of amides is 1. The Morgan fingerprint density at radius 2 is 1.85 bits per heavy atom. The molecule has 0 spiro atoms. The Balaban J connectivity index is 1.31. The van der Waals surface area contributed by atoms with E-state index in [-0.39, 0.29) is 5.91 Å². The molecule has 0 bridgehead atoms. The maximum absolute atomic E-state index is 13.4. The average molecular weight is 448 g/mol. The van der Waals surface area contributed by atoms with Crippen LogP contribution in [0.1, 0.15) is 36.7 Å². The summed E-state index contributed by atoms with van der Waals surface area (Å²) in [6, 6.07) is 18.9. The number of rotatable bonds is 7. The molecule has 2 fully saturated rings. The Morgan fingerprint density at radius 3 is 2.61 bits per heavy atom. The maximum Gasteiger partial charge on any atom is 0.271 e. The van der Waals surface area contributed by atoms with Crippen LogP contribution in [0, 0.1) is 0 Å². The number of likely N-dealkylation sites (tertiary alicyclic amines) is 1. The molecular formula is C27H33N3O3. The van der Waals surface area contributed by atoms with Gasteiger partial charge in [-0.15, -0.1) is 0 Å². The molecule has 0 radical (unpaired) electrons. The highest BCUT2D eigenvalue weighted by atomic mass is 16.5. The molecule has 33 heavy (non-hydrogen) atoms. The van der Waals surface area contributed by atoms with Crippen LogP contribution >= 0.6 is 0 Å². The van der Waals surface area contributed by atoms with Gasteiger partial charge in [0, 0.05) is 36.7 Å². The molecule has 3 aromatic rings. The van der Waals surface area contributed by atoms with E-state index in [9.17, 15) is 4.79 Å². The molecule has 1 amide bonds. The SMILES string of the molecule is C[C@@H]1CCCN1CCCOc1ccc(-n2c(C(=O)N3CCOCC3)cc3ccccc32)cc1. The van der Waals surface area contributed by atoms with Crippen LogP contribution in [0.25, 0.3) is 16.6 Å². The first-order valence-corrected chi connectivity index (χ1v) is 12.2. The fraction of sp³-hybridized carbons (Fsp3) is 0.444. The summed E-state index contributed by atoms with van der Waals surface area (Å²) in [7, 11) is 0. The summed E-state index contributed by atoms with van der Waals surface area (Å²) in [6.45, 7) is 7.79. The average Bonchev–Trinajstić information content (AvgIpc) is 3.45. The van der Waals surface area contributed by atoms with Crippen LogP contribution in [-0.4, -0.2) is 72.3 Å². The van der Waals surface area contributed by atoms with Gasteiger partial charge < -0.3 is 23.8 Å². The van der Waals surface area contributed by atoms with Crippen LogP contribution in [0.3, 0.4) is 0 Å². The summed E-state index contributed by atoms with van der Waals surface area (Å²) < 4.78 is 13.5. The zero-order valence-corrected chi connectivity index (χ0v) is 19.4. The molecule has 0 aliphatic carbocycles. The van der Waals surface area contributed by atoms with Gasteiger partial charge in [0.25, 0.3) is 5.91 Å². The second-order valence-corrected chi connectivity index (χ2v) is 9.05. The van der Waals surface area contributed by atoms with Crippen molar-refractivity contribution in [2.24, 2.45) is 0 Å². The summed E-state index contributed by atoms with van der Waals surface area (Å²) in [5, 5.41) is 1.06. The number of carbonyl (C=O) groups excluding carboxylic acids is 1. The van der Waals surface area contributed by atoms with E-state index < -0.39 is 0 Å². The van der Waals surface area contributed by atoms with Crippen LogP contribution in [-0.2, 0) is 4.74 Å². The van der Waals surface area contributed by atoms with Crippen molar-refractivity contribution in [1.82, 2.24) is 14.4 Å². The van der Waals surface area contributed by atoms with Gasteiger partial charge in [0.15, 0.2) is 0 Å². The van der Waals surface area contributed by atoms with Crippen molar-refractivity contribution >= 4 is 16.8 Å². The van der Waals surface area contributed by atoms with E-state index in [2.05, 4.69) is 28.5 Å². The first-order chi connectivity index (χ1) is 16.2. The molecule has 5 rings (SSSR count). The van der Waals surface area contributed by atoms with Crippen LogP contribution < -0.4 is 4.74 Å². The second-order valence-electron chi connectivity index (χ2n) is 9.05. The van der Waals surface area contributed by atoms with Crippen LogP contribution in [0.4, 0.5) is 0 Å². The van der Waals surface area contributed by atoms with Crippen LogP contribution in [0.2, 0.25) is 0 Å². The fourth-order valence-corrected chi connectivity index (χ4v) is 4.99. The first-order valence-electron chi connectivity index (χ1n) is 12.2. The van der Waals surface area contributed by atoms with Crippen molar-refractivity contribution in [3.8, 4) is 11.4 Å². The van der Waals surface area contributed by atoms with Gasteiger partial charge in [0.05, 0.1) is 25.3 Å². The number of fused-ring (bicyclic) bond motifs is 1. The van der Waals surface area contributed by atoms with E-state index in [0.29, 0.717) is 38.0 Å². The van der Waals surface area contributed by atoms with Crippen molar-refractivity contribution in [2.75, 3.05) is 46.0 Å². The second kappa shape index (κ2) is 9.98. The topological polar surface area (TPSA) is 46.9 Å². The molecular weight excluding hydrogens is 414 g/mol. The van der Waals surface area contributed by atoms with E-state index >= 15 is 0 Å². The zero-order chi connectivity index (χ0) is 22.6. The number of para-hydroxylation sites is 1. The van der Waals surface area contributed by atoms with E-state index in [1.165, 1.54) is 19.4 Å². The minimum atomic E-state index is 0.0472. The monoisotopic (exact) mass is 447 g/mol. The molecule has 2 aliphatic rings. The van der Waals surface area contributed by atoms with Gasteiger partial charge in [-0.2, -0.15) is 0 Å². The Bertz CT molecular complexity index is 1090. The van der Waals surface area contributed by atoms with Crippen molar-refractivity contribution in [3.63, 3.8) is 0 Å². The summed E-state index contributed by atoms with van der Waals surface area (Å²) in [5.74, 6) is 0.914. The van der Waals surface area contributed by atoms with Gasteiger partial charge in [0.2, 0.25) is 0 Å². The summed E-state index contributed by atoms with van der Waals surface area (Å²) in [4.78, 5) is 17.8. The Hall–Kier alpha value is -2.83. The molecule has 1 aromatic heterocycles. The minimum Gasteiger partial charge on any atom is -0.494 e. The van der Waals surface area contributed by atoms with Gasteiger partial charge in [-0.3, -0.25) is 4.79 Å². The molecule has 2 aliphatic heterocycles. The lowest BCUT2D eigenvalue weighted by Gasteiger charge is -2.27. The standard InChI is InChI=1S/C27H33N3O3/c1-21-6-4-13-28(21)14-5-17-33-24-11-9-23(10-12-24)30-25-8-3-2-7-22(25)20-26(30)27(31)29-15-18-32-19-16-29/h2-3,7-12,20-21H,4-6,13-19H2,1H3/t21-/m1/s1. The fourth-order valence-electron chi connectivity index (χ4n) is 4.99. The summed E-state index contributed by atoms with van der Waals surface area (Å²) in [5.41, 5.74) is 2.68. The zero-order valence-electron chi connectivity index (χ0n) is 19.4. The Morgan fingerprint density at radius 1 is 1.06 bits per heavy atom. The number of ether oxygens (including phenoxy) is 2. The third kappa shape index (κ3) is 4.77. The number of nitrogens with zero attached hydrogens (tertiary/aromatic N) is 3. The third-order valence-electron chi connectivity index (χ3n) is 6.87. The highest BCUT2D eigenvalue weighted by Crippen LogP contribution is 2.27. The maximum atomic E-state index is 13.4. The Kier molecular flexibility index (Phi) is 6.65. The number of hydrogen-bond acceptors (Lipinski definition) is 4. The van der Waals surface area contributed by atoms with E-state index in [4.69, 9.17) is 9.47 Å². The largest absolute Gasteiger partial charge is 0.494 e. The predicted molar refractivity (Wildman–Crippen MR) is 130 cm³/mol. The molecule has 0 N–H and O–H groups in total. The molecule has 2 aromatic carbocycles. The lowest BCUT2D eigenvalue weighted by molar-refractivity contribution is 0.0298. The number of carbonyl (C=O) groups is 1. The Labute approximate surface area is 195 Å². The smallest absolute Gasteiger partial charge is 0.271 e.